The van der Waals surface area contributed by atoms with Crippen molar-refractivity contribution in [1.29, 1.82) is 0 Å². The highest BCUT2D eigenvalue weighted by Crippen LogP contribution is 2.22. The highest BCUT2D eigenvalue weighted by atomic mass is 35.5. The number of ether oxygens (including phenoxy) is 2. The maximum Gasteiger partial charge on any atom is 0.408 e. The van der Waals surface area contributed by atoms with Crippen LogP contribution in [-0.4, -0.2) is 65.4 Å². The molecule has 0 aliphatic carbocycles. The zero-order valence-corrected chi connectivity index (χ0v) is 17.7. The number of carbonyl (C=O) groups is 3. The Kier molecular flexibility index (Phi) is 7.48. The lowest BCUT2D eigenvalue weighted by molar-refractivity contribution is -0.149. The van der Waals surface area contributed by atoms with Gasteiger partial charge in [0.2, 0.25) is 5.91 Å². The second-order valence-electron chi connectivity index (χ2n) is 7.97. The molecule has 0 saturated carbocycles. The normalized spacial score (nSPS) is 20.2. The lowest BCUT2D eigenvalue weighted by Crippen LogP contribution is -2.53. The van der Waals surface area contributed by atoms with E-state index in [4.69, 9.17) is 21.1 Å². The molecule has 2 N–H and O–H groups in total. The van der Waals surface area contributed by atoms with Crippen LogP contribution in [0.15, 0.2) is 24.3 Å². The molecule has 0 radical (unpaired) electrons. The molecule has 1 saturated heterocycles. The standard InChI is InChI=1S/C20H27ClN2O6/c1-20(2,3)29-19(27)22-15(9-12-5-7-13(21)8-6-12)17(24)23-11-14(28-4)10-16(23)18(25)26/h5-8,14-16H,9-11H2,1-4H3,(H,22,27)(H,25,26)/t14-,15?,16+/m1/s1. The number of amides is 2. The molecule has 1 aliphatic heterocycles. The van der Waals surface area contributed by atoms with Gasteiger partial charge < -0.3 is 24.8 Å². The number of carboxylic acids is 1. The molecule has 1 heterocycles. The van der Waals surface area contributed by atoms with Crippen molar-refractivity contribution in [3.05, 3.63) is 34.9 Å². The van der Waals surface area contributed by atoms with Crippen molar-refractivity contribution >= 4 is 29.6 Å². The lowest BCUT2D eigenvalue weighted by Gasteiger charge is -2.28. The monoisotopic (exact) mass is 426 g/mol. The SMILES string of the molecule is CO[C@@H]1C[C@@H](C(=O)O)N(C(=O)C(Cc2ccc(Cl)cc2)NC(=O)OC(C)(C)C)C1. The van der Waals surface area contributed by atoms with Crippen LogP contribution in [0.25, 0.3) is 0 Å². The molecule has 1 aromatic rings. The first-order valence-corrected chi connectivity index (χ1v) is 9.68. The third-order valence-electron chi connectivity index (χ3n) is 4.51. The molecular formula is C20H27ClN2O6. The summed E-state index contributed by atoms with van der Waals surface area (Å²) >= 11 is 5.91. The minimum atomic E-state index is -1.11. The molecule has 1 aromatic carbocycles. The number of halogens is 1. The van der Waals surface area contributed by atoms with E-state index in [2.05, 4.69) is 5.32 Å². The van der Waals surface area contributed by atoms with Gasteiger partial charge in [-0.2, -0.15) is 0 Å². The molecule has 2 amide bonds. The Hall–Kier alpha value is -2.32. The van der Waals surface area contributed by atoms with E-state index >= 15 is 0 Å². The number of aliphatic carboxylic acids is 1. The van der Waals surface area contributed by atoms with Gasteiger partial charge in [-0.3, -0.25) is 4.79 Å². The Morgan fingerprint density at radius 1 is 1.28 bits per heavy atom. The summed E-state index contributed by atoms with van der Waals surface area (Å²) in [5.74, 6) is -1.61. The average Bonchev–Trinajstić information content (AvgIpc) is 3.05. The van der Waals surface area contributed by atoms with Gasteiger partial charge in [-0.05, 0) is 38.5 Å². The minimum Gasteiger partial charge on any atom is -0.480 e. The van der Waals surface area contributed by atoms with Crippen LogP contribution < -0.4 is 5.32 Å². The number of methoxy groups -OCH3 is 1. The fraction of sp³-hybridized carbons (Fsp3) is 0.550. The van der Waals surface area contributed by atoms with Gasteiger partial charge in [0.05, 0.1) is 6.10 Å². The Labute approximate surface area is 175 Å². The zero-order chi connectivity index (χ0) is 21.8. The molecule has 1 unspecified atom stereocenters. The Morgan fingerprint density at radius 3 is 2.41 bits per heavy atom. The van der Waals surface area contributed by atoms with Crippen molar-refractivity contribution in [1.82, 2.24) is 10.2 Å². The van der Waals surface area contributed by atoms with E-state index in [9.17, 15) is 19.5 Å². The molecule has 3 atom stereocenters. The first kappa shape index (κ1) is 23.0. The number of carbonyl (C=O) groups excluding carboxylic acids is 2. The maximum atomic E-state index is 13.2. The van der Waals surface area contributed by atoms with Crippen LogP contribution in [0.3, 0.4) is 0 Å². The number of alkyl carbamates (subject to hydrolysis) is 1. The van der Waals surface area contributed by atoms with Crippen LogP contribution in [0.5, 0.6) is 0 Å². The second-order valence-corrected chi connectivity index (χ2v) is 8.40. The van der Waals surface area contributed by atoms with Crippen LogP contribution >= 0.6 is 11.6 Å². The fourth-order valence-corrected chi connectivity index (χ4v) is 3.28. The van der Waals surface area contributed by atoms with Crippen molar-refractivity contribution in [2.45, 2.75) is 57.4 Å². The van der Waals surface area contributed by atoms with Crippen LogP contribution in [0.4, 0.5) is 4.79 Å². The van der Waals surface area contributed by atoms with Gasteiger partial charge in [0, 0.05) is 31.5 Å². The van der Waals surface area contributed by atoms with Crippen LogP contribution in [0.2, 0.25) is 5.02 Å². The van der Waals surface area contributed by atoms with E-state index in [-0.39, 0.29) is 25.5 Å². The molecular weight excluding hydrogens is 400 g/mol. The van der Waals surface area contributed by atoms with Gasteiger partial charge in [-0.15, -0.1) is 0 Å². The van der Waals surface area contributed by atoms with E-state index in [1.54, 1.807) is 45.0 Å². The number of hydrogen-bond donors (Lipinski definition) is 2. The Bertz CT molecular complexity index is 746. The number of rotatable bonds is 6. The molecule has 0 bridgehead atoms. The highest BCUT2D eigenvalue weighted by molar-refractivity contribution is 6.30. The van der Waals surface area contributed by atoms with Gasteiger partial charge in [-0.25, -0.2) is 9.59 Å². The summed E-state index contributed by atoms with van der Waals surface area (Å²) in [4.78, 5) is 38.4. The minimum absolute atomic E-state index is 0.138. The number of nitrogens with one attached hydrogen (secondary N) is 1. The number of benzene rings is 1. The highest BCUT2D eigenvalue weighted by Gasteiger charge is 2.42. The van der Waals surface area contributed by atoms with E-state index in [0.717, 1.165) is 5.56 Å². The number of hydrogen-bond acceptors (Lipinski definition) is 5. The molecule has 9 heteroatoms. The Morgan fingerprint density at radius 2 is 1.90 bits per heavy atom. The maximum absolute atomic E-state index is 13.2. The number of carboxylic acid groups (broad SMARTS) is 1. The first-order chi connectivity index (χ1) is 13.5. The lowest BCUT2D eigenvalue weighted by atomic mass is 10.0. The van der Waals surface area contributed by atoms with Gasteiger partial charge in [0.15, 0.2) is 0 Å². The summed E-state index contributed by atoms with van der Waals surface area (Å²) in [5, 5.41) is 12.6. The Balaban J connectivity index is 2.24. The van der Waals surface area contributed by atoms with Gasteiger partial charge >= 0.3 is 12.1 Å². The van der Waals surface area contributed by atoms with Crippen LogP contribution in [0.1, 0.15) is 32.8 Å². The molecule has 29 heavy (non-hydrogen) atoms. The average molecular weight is 427 g/mol. The molecule has 1 aliphatic rings. The number of nitrogens with zero attached hydrogens (tertiary/aromatic N) is 1. The second kappa shape index (κ2) is 9.45. The topological polar surface area (TPSA) is 105 Å². The fourth-order valence-electron chi connectivity index (χ4n) is 3.15. The molecule has 160 valence electrons. The van der Waals surface area contributed by atoms with Crippen molar-refractivity contribution in [3.8, 4) is 0 Å². The molecule has 2 rings (SSSR count). The van der Waals surface area contributed by atoms with Crippen molar-refractivity contribution in [3.63, 3.8) is 0 Å². The van der Waals surface area contributed by atoms with E-state index < -0.39 is 35.7 Å². The van der Waals surface area contributed by atoms with E-state index in [0.29, 0.717) is 5.02 Å². The summed E-state index contributed by atoms with van der Waals surface area (Å²) in [5.41, 5.74) is 0.0225. The third kappa shape index (κ3) is 6.61. The van der Waals surface area contributed by atoms with Gasteiger partial charge in [0.1, 0.15) is 17.7 Å². The van der Waals surface area contributed by atoms with Crippen molar-refractivity contribution < 1.29 is 29.0 Å². The first-order valence-electron chi connectivity index (χ1n) is 9.30. The van der Waals surface area contributed by atoms with Gasteiger partial charge in [0.25, 0.3) is 0 Å². The van der Waals surface area contributed by atoms with Crippen LogP contribution in [-0.2, 0) is 25.5 Å². The quantitative estimate of drug-likeness (QED) is 0.724. The summed E-state index contributed by atoms with van der Waals surface area (Å²) in [7, 11) is 1.47. The summed E-state index contributed by atoms with van der Waals surface area (Å²) in [6.45, 7) is 5.28. The third-order valence-corrected chi connectivity index (χ3v) is 4.76. The summed E-state index contributed by atoms with van der Waals surface area (Å²) in [6, 6.07) is 4.85. The summed E-state index contributed by atoms with van der Waals surface area (Å²) < 4.78 is 10.5. The summed E-state index contributed by atoms with van der Waals surface area (Å²) in [6.07, 6.45) is -0.773. The predicted octanol–water partition coefficient (Wildman–Crippen LogP) is 2.48. The largest absolute Gasteiger partial charge is 0.480 e. The van der Waals surface area contributed by atoms with Crippen molar-refractivity contribution in [2.75, 3.05) is 13.7 Å². The zero-order valence-electron chi connectivity index (χ0n) is 17.0. The molecule has 8 nitrogen and oxygen atoms in total. The predicted molar refractivity (Wildman–Crippen MR) is 107 cm³/mol. The van der Waals surface area contributed by atoms with Gasteiger partial charge in [-0.1, -0.05) is 23.7 Å². The molecule has 1 fully saturated rings. The van der Waals surface area contributed by atoms with E-state index in [1.807, 2.05) is 0 Å². The smallest absolute Gasteiger partial charge is 0.408 e. The molecule has 0 spiro atoms. The van der Waals surface area contributed by atoms with Crippen LogP contribution in [0, 0.1) is 0 Å². The van der Waals surface area contributed by atoms with E-state index in [1.165, 1.54) is 12.0 Å². The van der Waals surface area contributed by atoms with Crippen molar-refractivity contribution in [2.24, 2.45) is 0 Å². The number of likely N-dealkylation sites (tertiary alicyclic amines) is 1. The molecule has 0 aromatic heterocycles.